The largest absolute Gasteiger partial charge is 0.411 e. The number of pyridine rings is 1. The van der Waals surface area contributed by atoms with Crippen molar-refractivity contribution in [1.82, 2.24) is 14.6 Å². The minimum absolute atomic E-state index is 0.0451. The van der Waals surface area contributed by atoms with Gasteiger partial charge in [0.25, 0.3) is 0 Å². The number of ether oxygens (including phenoxy) is 1. The monoisotopic (exact) mass is 615 g/mol. The highest BCUT2D eigenvalue weighted by molar-refractivity contribution is 7.94. The molecule has 14 heteroatoms. The highest BCUT2D eigenvalue weighted by Crippen LogP contribution is 2.28. The maximum atomic E-state index is 13.1. The number of nitrogens with zero attached hydrogens (tertiary/aromatic N) is 3. The number of hydrogen-bond donors (Lipinski definition) is 2. The second-order valence-corrected chi connectivity index (χ2v) is 11.9. The summed E-state index contributed by atoms with van der Waals surface area (Å²) in [6.45, 7) is -1.55. The Labute approximate surface area is 243 Å². The van der Waals surface area contributed by atoms with Gasteiger partial charge in [-0.15, -0.1) is 5.10 Å². The Morgan fingerprint density at radius 3 is 2.40 bits per heavy atom. The van der Waals surface area contributed by atoms with Crippen LogP contribution in [0.25, 0.3) is 16.8 Å². The van der Waals surface area contributed by atoms with Crippen LogP contribution in [0.1, 0.15) is 12.0 Å². The lowest BCUT2D eigenvalue weighted by molar-refractivity contribution is -0.181. The molecule has 0 radical (unpaired) electrons. The van der Waals surface area contributed by atoms with Gasteiger partial charge in [-0.3, -0.25) is 4.79 Å². The van der Waals surface area contributed by atoms with Crippen LogP contribution in [0.15, 0.2) is 89.6 Å². The summed E-state index contributed by atoms with van der Waals surface area (Å²) in [6.07, 6.45) is -0.615. The summed E-state index contributed by atoms with van der Waals surface area (Å²) < 4.78 is 82.0. The maximum Gasteiger partial charge on any atom is 0.411 e. The predicted molar refractivity (Wildman–Crippen MR) is 152 cm³/mol. The van der Waals surface area contributed by atoms with Crippen LogP contribution in [0.4, 0.5) is 29.2 Å². The topological polar surface area (TPSA) is 115 Å². The number of halogens is 4. The van der Waals surface area contributed by atoms with Crippen molar-refractivity contribution < 1.29 is 35.5 Å². The van der Waals surface area contributed by atoms with Crippen LogP contribution in [-0.4, -0.2) is 54.1 Å². The molecule has 2 aromatic carbocycles. The minimum atomic E-state index is -4.59. The van der Waals surface area contributed by atoms with E-state index in [9.17, 15) is 30.8 Å². The van der Waals surface area contributed by atoms with E-state index in [4.69, 9.17) is 4.74 Å². The normalized spacial score (nSPS) is 15.6. The fourth-order valence-electron chi connectivity index (χ4n) is 4.37. The first-order valence-electron chi connectivity index (χ1n) is 12.9. The van der Waals surface area contributed by atoms with E-state index in [0.29, 0.717) is 16.9 Å². The molecule has 1 atom stereocenters. The molecule has 4 aromatic rings. The predicted octanol–water partition coefficient (Wildman–Crippen LogP) is 5.29. The van der Waals surface area contributed by atoms with Crippen molar-refractivity contribution in [3.63, 3.8) is 0 Å². The summed E-state index contributed by atoms with van der Waals surface area (Å²) in [4.78, 5) is 16.7. The van der Waals surface area contributed by atoms with Gasteiger partial charge in [-0.05, 0) is 59.7 Å². The molecule has 5 rings (SSSR count). The quantitative estimate of drug-likeness (QED) is 0.246. The van der Waals surface area contributed by atoms with Gasteiger partial charge in [0, 0.05) is 40.7 Å². The number of anilines is 2. The van der Waals surface area contributed by atoms with Crippen LogP contribution in [0, 0.1) is 5.82 Å². The molecule has 0 aliphatic heterocycles. The second-order valence-electron chi connectivity index (χ2n) is 9.86. The van der Waals surface area contributed by atoms with E-state index in [1.54, 1.807) is 36.5 Å². The number of sulfone groups is 1. The van der Waals surface area contributed by atoms with E-state index < -0.39 is 28.7 Å². The van der Waals surface area contributed by atoms with Crippen LogP contribution < -0.4 is 10.6 Å². The number of aromatic nitrogens is 3. The van der Waals surface area contributed by atoms with Crippen molar-refractivity contribution in [3.8, 4) is 11.1 Å². The highest BCUT2D eigenvalue weighted by atomic mass is 32.2. The molecule has 0 saturated carbocycles. The summed E-state index contributed by atoms with van der Waals surface area (Å²) in [7, 11) is -3.62. The number of nitrogens with one attached hydrogen (secondary N) is 2. The number of rotatable bonds is 9. The van der Waals surface area contributed by atoms with Gasteiger partial charge in [0.1, 0.15) is 18.5 Å². The number of alkyl halides is 3. The van der Waals surface area contributed by atoms with Crippen molar-refractivity contribution in [1.29, 1.82) is 0 Å². The fraction of sp³-hybridized carbons (Fsp3) is 0.207. The van der Waals surface area contributed by atoms with Crippen molar-refractivity contribution in [2.24, 2.45) is 0 Å². The minimum Gasteiger partial charge on any atom is -0.362 e. The number of allylic oxidation sites excluding steroid dienone is 2. The SMILES string of the molecule is CS(=O)(=O)C1=CC=C(Nc2nc3ccc(-c4ccc(NC(=O)Cc5ccc(F)cc5)cc4)cn3n2)C(OCC(F)(F)F)C1. The lowest BCUT2D eigenvalue weighted by Crippen LogP contribution is -2.30. The number of carbonyl (C=O) groups is 1. The van der Waals surface area contributed by atoms with Crippen LogP contribution >= 0.6 is 0 Å². The molecule has 9 nitrogen and oxygen atoms in total. The summed E-state index contributed by atoms with van der Waals surface area (Å²) in [6, 6.07) is 16.3. The van der Waals surface area contributed by atoms with Gasteiger partial charge in [0.15, 0.2) is 15.5 Å². The van der Waals surface area contributed by atoms with Crippen LogP contribution in [0.3, 0.4) is 0 Å². The van der Waals surface area contributed by atoms with E-state index in [-0.39, 0.29) is 41.1 Å². The number of amides is 1. The first kappa shape index (κ1) is 29.9. The Kier molecular flexibility index (Phi) is 8.33. The zero-order valence-electron chi connectivity index (χ0n) is 22.6. The Balaban J connectivity index is 1.29. The molecule has 43 heavy (non-hydrogen) atoms. The Morgan fingerprint density at radius 2 is 1.72 bits per heavy atom. The molecule has 1 amide bonds. The molecule has 2 N–H and O–H groups in total. The van der Waals surface area contributed by atoms with Crippen molar-refractivity contribution >= 4 is 33.0 Å². The zero-order chi connectivity index (χ0) is 30.8. The zero-order valence-corrected chi connectivity index (χ0v) is 23.4. The number of carbonyl (C=O) groups excluding carboxylic acids is 1. The molecular weight excluding hydrogens is 590 g/mol. The average Bonchev–Trinajstić information content (AvgIpc) is 3.34. The number of hydrogen-bond acceptors (Lipinski definition) is 7. The van der Waals surface area contributed by atoms with Crippen molar-refractivity contribution in [2.45, 2.75) is 25.1 Å². The van der Waals surface area contributed by atoms with Gasteiger partial charge in [-0.1, -0.05) is 24.3 Å². The van der Waals surface area contributed by atoms with Crippen LogP contribution in [-0.2, 0) is 25.8 Å². The molecule has 0 fully saturated rings. The molecule has 0 saturated heterocycles. The molecule has 1 unspecified atom stereocenters. The molecule has 224 valence electrons. The maximum absolute atomic E-state index is 13.1. The smallest absolute Gasteiger partial charge is 0.362 e. The van der Waals surface area contributed by atoms with Gasteiger partial charge in [0.05, 0.1) is 6.42 Å². The van der Waals surface area contributed by atoms with E-state index in [0.717, 1.165) is 17.4 Å². The second kappa shape index (κ2) is 12.0. The Hall–Kier alpha value is -4.56. The third-order valence-corrected chi connectivity index (χ3v) is 7.73. The van der Waals surface area contributed by atoms with Gasteiger partial charge in [0.2, 0.25) is 11.9 Å². The third-order valence-electron chi connectivity index (χ3n) is 6.47. The standard InChI is InChI=1S/C29H25F4N5O4S/c1-43(40,41)23-11-12-24(25(15-23)42-17-29(31,32)33)35-28-36-26-13-6-20(16-38(26)37-28)19-4-9-22(10-5-19)34-27(39)14-18-2-7-21(30)8-3-18/h2-13,16,25H,14-15,17H2,1H3,(H,34,39)(H,35,37). The van der Waals surface area contributed by atoms with Crippen LogP contribution in [0.2, 0.25) is 0 Å². The Morgan fingerprint density at radius 1 is 1.02 bits per heavy atom. The van der Waals surface area contributed by atoms with Crippen molar-refractivity contribution in [2.75, 3.05) is 23.5 Å². The van der Waals surface area contributed by atoms with Gasteiger partial charge >= 0.3 is 6.18 Å². The molecule has 0 spiro atoms. The number of benzene rings is 2. The first-order chi connectivity index (χ1) is 20.3. The third kappa shape index (κ3) is 7.84. The van der Waals surface area contributed by atoms with E-state index in [2.05, 4.69) is 20.7 Å². The average molecular weight is 616 g/mol. The summed E-state index contributed by atoms with van der Waals surface area (Å²) in [5.41, 5.74) is 3.50. The van der Waals surface area contributed by atoms with Crippen molar-refractivity contribution in [3.05, 3.63) is 101 Å². The van der Waals surface area contributed by atoms with E-state index in [1.807, 2.05) is 18.2 Å². The first-order valence-corrected chi connectivity index (χ1v) is 14.8. The number of fused-ring (bicyclic) bond motifs is 1. The molecule has 1 aliphatic carbocycles. The molecule has 2 aromatic heterocycles. The Bertz CT molecular complexity index is 1820. The highest BCUT2D eigenvalue weighted by Gasteiger charge is 2.33. The fourth-order valence-corrected chi connectivity index (χ4v) is 5.14. The lowest BCUT2D eigenvalue weighted by atomic mass is 10.1. The lowest BCUT2D eigenvalue weighted by Gasteiger charge is -2.25. The molecular formula is C29H25F4N5O4S. The summed E-state index contributed by atoms with van der Waals surface area (Å²) in [5.74, 6) is -0.534. The van der Waals surface area contributed by atoms with E-state index >= 15 is 0 Å². The van der Waals surface area contributed by atoms with Gasteiger partial charge in [-0.2, -0.15) is 18.2 Å². The van der Waals surface area contributed by atoms with Gasteiger partial charge in [-0.25, -0.2) is 17.3 Å². The molecule has 2 heterocycles. The van der Waals surface area contributed by atoms with Crippen LogP contribution in [0.5, 0.6) is 0 Å². The summed E-state index contributed by atoms with van der Waals surface area (Å²) >= 11 is 0. The summed E-state index contributed by atoms with van der Waals surface area (Å²) in [5, 5.41) is 10.0. The van der Waals surface area contributed by atoms with E-state index in [1.165, 1.54) is 28.8 Å². The molecule has 1 aliphatic rings. The van der Waals surface area contributed by atoms with Gasteiger partial charge < -0.3 is 15.4 Å². The molecule has 0 bridgehead atoms.